The summed E-state index contributed by atoms with van der Waals surface area (Å²) in [6.07, 6.45) is -1.41. The Bertz CT molecular complexity index is 451. The zero-order valence-corrected chi connectivity index (χ0v) is 11.7. The number of aliphatic hydroxyl groups excluding tert-OH is 1. The van der Waals surface area contributed by atoms with Crippen molar-refractivity contribution in [1.29, 1.82) is 0 Å². The van der Waals surface area contributed by atoms with Gasteiger partial charge in [0, 0.05) is 0 Å². The fourth-order valence-corrected chi connectivity index (χ4v) is 1.64. The van der Waals surface area contributed by atoms with Gasteiger partial charge in [-0.3, -0.25) is 0 Å². The van der Waals surface area contributed by atoms with Crippen LogP contribution >= 0.6 is 0 Å². The van der Waals surface area contributed by atoms with Crippen molar-refractivity contribution in [3.05, 3.63) is 29.3 Å². The number of phenols is 1. The van der Waals surface area contributed by atoms with Crippen molar-refractivity contribution >= 4 is 6.09 Å². The van der Waals surface area contributed by atoms with Crippen LogP contribution in [-0.2, 0) is 4.74 Å². The lowest BCUT2D eigenvalue weighted by Crippen LogP contribution is -2.34. The standard InChI is InChI=1S/C14H21NO4/c1-9-7-10(16)5-6-11(9)12(17)8-15-13(18)19-14(2,3)4/h5-7,12,16-17H,8H2,1-4H3,(H,15,18)/t12-/m1/s1. The van der Waals surface area contributed by atoms with Crippen LogP contribution in [-0.4, -0.2) is 28.5 Å². The van der Waals surface area contributed by atoms with E-state index in [0.717, 1.165) is 5.56 Å². The number of aromatic hydroxyl groups is 1. The molecule has 0 saturated carbocycles. The molecule has 19 heavy (non-hydrogen) atoms. The predicted octanol–water partition coefficient (Wildman–Crippen LogP) is 2.26. The molecule has 0 radical (unpaired) electrons. The van der Waals surface area contributed by atoms with Gasteiger partial charge in [-0.2, -0.15) is 0 Å². The monoisotopic (exact) mass is 267 g/mol. The highest BCUT2D eigenvalue weighted by Gasteiger charge is 2.17. The minimum absolute atomic E-state index is 0.0561. The van der Waals surface area contributed by atoms with Gasteiger partial charge in [-0.1, -0.05) is 6.07 Å². The van der Waals surface area contributed by atoms with E-state index >= 15 is 0 Å². The third-order valence-corrected chi connectivity index (χ3v) is 2.45. The van der Waals surface area contributed by atoms with E-state index in [-0.39, 0.29) is 12.3 Å². The Balaban J connectivity index is 2.56. The fraction of sp³-hybridized carbons (Fsp3) is 0.500. The lowest BCUT2D eigenvalue weighted by molar-refractivity contribution is 0.0491. The Morgan fingerprint density at radius 1 is 1.42 bits per heavy atom. The molecule has 106 valence electrons. The second-order valence-electron chi connectivity index (χ2n) is 5.44. The van der Waals surface area contributed by atoms with Crippen LogP contribution in [0.3, 0.4) is 0 Å². The lowest BCUT2D eigenvalue weighted by Gasteiger charge is -2.21. The molecule has 0 aliphatic carbocycles. The summed E-state index contributed by atoms with van der Waals surface area (Å²) in [5.74, 6) is 0.147. The Morgan fingerprint density at radius 2 is 2.05 bits per heavy atom. The summed E-state index contributed by atoms with van der Waals surface area (Å²) in [5.41, 5.74) is 0.857. The van der Waals surface area contributed by atoms with Crippen molar-refractivity contribution in [2.45, 2.75) is 39.4 Å². The number of carbonyl (C=O) groups excluding carboxylic acids is 1. The van der Waals surface area contributed by atoms with E-state index in [1.807, 2.05) is 0 Å². The first-order valence-corrected chi connectivity index (χ1v) is 6.13. The molecule has 1 aromatic rings. The van der Waals surface area contributed by atoms with Crippen LogP contribution < -0.4 is 5.32 Å². The third-order valence-electron chi connectivity index (χ3n) is 2.45. The normalized spacial score (nSPS) is 12.9. The van der Waals surface area contributed by atoms with Gasteiger partial charge in [0.25, 0.3) is 0 Å². The Kier molecular flexibility index (Phi) is 4.78. The summed E-state index contributed by atoms with van der Waals surface area (Å²) < 4.78 is 5.07. The maximum atomic E-state index is 11.4. The number of phenolic OH excluding ortho intramolecular Hbond substituents is 1. The third kappa shape index (κ3) is 5.18. The predicted molar refractivity (Wildman–Crippen MR) is 72.0 cm³/mol. The number of ether oxygens (including phenoxy) is 1. The number of carbonyl (C=O) groups is 1. The number of nitrogens with one attached hydrogen (secondary N) is 1. The maximum absolute atomic E-state index is 11.4. The first kappa shape index (κ1) is 15.3. The average molecular weight is 267 g/mol. The zero-order chi connectivity index (χ0) is 14.6. The summed E-state index contributed by atoms with van der Waals surface area (Å²) in [7, 11) is 0. The molecule has 3 N–H and O–H groups in total. The van der Waals surface area contributed by atoms with Crippen molar-refractivity contribution < 1.29 is 19.7 Å². The molecule has 0 aliphatic rings. The molecule has 0 aromatic heterocycles. The number of amides is 1. The van der Waals surface area contributed by atoms with Crippen LogP contribution in [0, 0.1) is 6.92 Å². The molecule has 0 unspecified atom stereocenters. The number of benzene rings is 1. The summed E-state index contributed by atoms with van der Waals surface area (Å²) >= 11 is 0. The SMILES string of the molecule is Cc1cc(O)ccc1[C@H](O)CNC(=O)OC(C)(C)C. The molecule has 0 bridgehead atoms. The van der Waals surface area contributed by atoms with Crippen LogP contribution in [0.5, 0.6) is 5.75 Å². The van der Waals surface area contributed by atoms with Crippen LogP contribution in [0.15, 0.2) is 18.2 Å². The summed E-state index contributed by atoms with van der Waals surface area (Å²) in [5, 5.41) is 21.8. The highest BCUT2D eigenvalue weighted by atomic mass is 16.6. The minimum atomic E-state index is -0.840. The number of alkyl carbamates (subject to hydrolysis) is 1. The topological polar surface area (TPSA) is 78.8 Å². The van der Waals surface area contributed by atoms with E-state index in [1.165, 1.54) is 6.07 Å². The maximum Gasteiger partial charge on any atom is 0.407 e. The average Bonchev–Trinajstić information content (AvgIpc) is 2.23. The van der Waals surface area contributed by atoms with Crippen LogP contribution in [0.2, 0.25) is 0 Å². The number of hydrogen-bond donors (Lipinski definition) is 3. The Labute approximate surface area is 113 Å². The molecular formula is C14H21NO4. The first-order valence-electron chi connectivity index (χ1n) is 6.13. The van der Waals surface area contributed by atoms with E-state index < -0.39 is 17.8 Å². The van der Waals surface area contributed by atoms with Crippen molar-refractivity contribution in [2.24, 2.45) is 0 Å². The molecule has 1 atom stereocenters. The van der Waals surface area contributed by atoms with Gasteiger partial charge in [0.1, 0.15) is 11.4 Å². The van der Waals surface area contributed by atoms with E-state index in [9.17, 15) is 15.0 Å². The molecular weight excluding hydrogens is 246 g/mol. The largest absolute Gasteiger partial charge is 0.508 e. The van der Waals surface area contributed by atoms with Crippen molar-refractivity contribution in [1.82, 2.24) is 5.32 Å². The number of aliphatic hydroxyl groups is 1. The van der Waals surface area contributed by atoms with Gasteiger partial charge in [0.2, 0.25) is 0 Å². The molecule has 0 aliphatic heterocycles. The summed E-state index contributed by atoms with van der Waals surface area (Å²) in [4.78, 5) is 11.4. The molecule has 1 aromatic carbocycles. The second kappa shape index (κ2) is 5.93. The molecule has 1 rings (SSSR count). The van der Waals surface area contributed by atoms with Gasteiger partial charge < -0.3 is 20.3 Å². The lowest BCUT2D eigenvalue weighted by atomic mass is 10.0. The number of aryl methyl sites for hydroxylation is 1. The van der Waals surface area contributed by atoms with E-state index in [2.05, 4.69) is 5.32 Å². The minimum Gasteiger partial charge on any atom is -0.508 e. The second-order valence-corrected chi connectivity index (χ2v) is 5.44. The van der Waals surface area contributed by atoms with Crippen molar-refractivity contribution in [3.63, 3.8) is 0 Å². The van der Waals surface area contributed by atoms with Gasteiger partial charge in [-0.25, -0.2) is 4.79 Å². The van der Waals surface area contributed by atoms with E-state index in [1.54, 1.807) is 39.8 Å². The number of hydrogen-bond acceptors (Lipinski definition) is 4. The van der Waals surface area contributed by atoms with Gasteiger partial charge in [-0.05, 0) is 51.0 Å². The van der Waals surface area contributed by atoms with Gasteiger partial charge in [0.15, 0.2) is 0 Å². The van der Waals surface area contributed by atoms with Crippen molar-refractivity contribution in [3.8, 4) is 5.75 Å². The molecule has 0 fully saturated rings. The summed E-state index contributed by atoms with van der Waals surface area (Å²) in [6, 6.07) is 4.69. The fourth-order valence-electron chi connectivity index (χ4n) is 1.64. The van der Waals surface area contributed by atoms with Gasteiger partial charge >= 0.3 is 6.09 Å². The highest BCUT2D eigenvalue weighted by molar-refractivity contribution is 5.67. The summed E-state index contributed by atoms with van der Waals surface area (Å²) in [6.45, 7) is 7.15. The highest BCUT2D eigenvalue weighted by Crippen LogP contribution is 2.21. The molecule has 1 amide bonds. The van der Waals surface area contributed by atoms with Crippen LogP contribution in [0.4, 0.5) is 4.79 Å². The molecule has 0 saturated heterocycles. The number of rotatable bonds is 3. The first-order chi connectivity index (χ1) is 8.69. The Hall–Kier alpha value is -1.75. The van der Waals surface area contributed by atoms with Gasteiger partial charge in [0.05, 0.1) is 12.6 Å². The van der Waals surface area contributed by atoms with Gasteiger partial charge in [-0.15, -0.1) is 0 Å². The van der Waals surface area contributed by atoms with Crippen molar-refractivity contribution in [2.75, 3.05) is 6.54 Å². The smallest absolute Gasteiger partial charge is 0.407 e. The van der Waals surface area contributed by atoms with Crippen LogP contribution in [0.1, 0.15) is 38.0 Å². The molecule has 0 spiro atoms. The molecule has 5 heteroatoms. The molecule has 0 heterocycles. The Morgan fingerprint density at radius 3 is 2.58 bits per heavy atom. The van der Waals surface area contributed by atoms with Crippen LogP contribution in [0.25, 0.3) is 0 Å². The van der Waals surface area contributed by atoms with E-state index in [0.29, 0.717) is 5.56 Å². The quantitative estimate of drug-likeness (QED) is 0.785. The van der Waals surface area contributed by atoms with E-state index in [4.69, 9.17) is 4.74 Å². The zero-order valence-electron chi connectivity index (χ0n) is 11.7. The molecule has 5 nitrogen and oxygen atoms in total.